The van der Waals surface area contributed by atoms with Crippen molar-refractivity contribution in [3.05, 3.63) is 48.5 Å². The summed E-state index contributed by atoms with van der Waals surface area (Å²) >= 11 is 1.09. The second-order valence-electron chi connectivity index (χ2n) is 5.26. The van der Waals surface area contributed by atoms with Crippen molar-refractivity contribution in [3.63, 3.8) is 0 Å². The van der Waals surface area contributed by atoms with Gasteiger partial charge in [-0.1, -0.05) is 36.0 Å². The number of para-hydroxylation sites is 4. The van der Waals surface area contributed by atoms with Crippen LogP contribution in [0.3, 0.4) is 0 Å². The van der Waals surface area contributed by atoms with Crippen LogP contribution in [0.15, 0.2) is 53.7 Å². The number of amides is 1. The molecule has 1 aromatic heterocycles. The van der Waals surface area contributed by atoms with Crippen LogP contribution in [0.25, 0.3) is 5.69 Å². The maximum Gasteiger partial charge on any atom is 0.387 e. The van der Waals surface area contributed by atoms with Gasteiger partial charge in [0.2, 0.25) is 11.1 Å². The molecule has 0 spiro atoms. The first-order valence-electron chi connectivity index (χ1n) is 7.96. The van der Waals surface area contributed by atoms with E-state index in [4.69, 9.17) is 4.74 Å². The lowest BCUT2D eigenvalue weighted by Crippen LogP contribution is -2.16. The van der Waals surface area contributed by atoms with Gasteiger partial charge in [0.1, 0.15) is 17.2 Å². The van der Waals surface area contributed by atoms with Gasteiger partial charge in [0, 0.05) is 0 Å². The van der Waals surface area contributed by atoms with Crippen LogP contribution >= 0.6 is 11.8 Å². The van der Waals surface area contributed by atoms with Crippen molar-refractivity contribution in [2.75, 3.05) is 18.2 Å². The molecule has 0 unspecified atom stereocenters. The van der Waals surface area contributed by atoms with Gasteiger partial charge in [-0.25, -0.2) is 0 Å². The van der Waals surface area contributed by atoms with Crippen LogP contribution in [0.4, 0.5) is 14.5 Å². The van der Waals surface area contributed by atoms with Crippen molar-refractivity contribution in [2.24, 2.45) is 0 Å². The maximum atomic E-state index is 12.5. The number of alkyl halides is 2. The second-order valence-corrected chi connectivity index (χ2v) is 6.20. The summed E-state index contributed by atoms with van der Waals surface area (Å²) in [6.45, 7) is -2.99. The lowest BCUT2D eigenvalue weighted by atomic mass is 10.3. The monoisotopic (exact) mass is 407 g/mol. The fraction of sp³-hybridized carbons (Fsp3) is 0.176. The summed E-state index contributed by atoms with van der Waals surface area (Å²) in [5.74, 6) is -0.0165. The minimum atomic E-state index is -2.99. The van der Waals surface area contributed by atoms with Gasteiger partial charge in [-0.05, 0) is 34.7 Å². The molecule has 11 heteroatoms. The Kier molecular flexibility index (Phi) is 6.37. The molecular formula is C17H15F2N5O3S. The molecule has 3 aromatic rings. The average Bonchev–Trinajstić information content (AvgIpc) is 3.16. The second kappa shape index (κ2) is 9.13. The van der Waals surface area contributed by atoms with E-state index in [1.807, 2.05) is 6.07 Å². The molecular weight excluding hydrogens is 392 g/mol. The zero-order valence-electron chi connectivity index (χ0n) is 14.6. The van der Waals surface area contributed by atoms with E-state index in [1.54, 1.807) is 24.3 Å². The first-order valence-corrected chi connectivity index (χ1v) is 8.95. The highest BCUT2D eigenvalue weighted by Crippen LogP contribution is 2.27. The summed E-state index contributed by atoms with van der Waals surface area (Å²) in [5, 5.41) is 14.4. The van der Waals surface area contributed by atoms with Crippen LogP contribution < -0.4 is 14.8 Å². The van der Waals surface area contributed by atoms with E-state index in [9.17, 15) is 13.6 Å². The molecule has 0 aliphatic heterocycles. The van der Waals surface area contributed by atoms with Crippen LogP contribution in [-0.4, -0.2) is 45.6 Å². The molecule has 0 fully saturated rings. The lowest BCUT2D eigenvalue weighted by molar-refractivity contribution is -0.113. The largest absolute Gasteiger partial charge is 0.494 e. The van der Waals surface area contributed by atoms with Crippen LogP contribution in [0.5, 0.6) is 11.5 Å². The third-order valence-electron chi connectivity index (χ3n) is 3.46. The Bertz CT molecular complexity index is 954. The number of anilines is 1. The van der Waals surface area contributed by atoms with Crippen molar-refractivity contribution < 1.29 is 23.0 Å². The molecule has 0 aliphatic carbocycles. The number of hydrogen-bond acceptors (Lipinski definition) is 7. The Balaban J connectivity index is 1.68. The van der Waals surface area contributed by atoms with E-state index >= 15 is 0 Å². The summed E-state index contributed by atoms with van der Waals surface area (Å²) in [7, 11) is 1.53. The van der Waals surface area contributed by atoms with Crippen molar-refractivity contribution >= 4 is 23.4 Å². The third-order valence-corrected chi connectivity index (χ3v) is 4.38. The van der Waals surface area contributed by atoms with Crippen molar-refractivity contribution in [1.82, 2.24) is 20.2 Å². The Labute approximate surface area is 162 Å². The Morgan fingerprint density at radius 3 is 2.64 bits per heavy atom. The van der Waals surface area contributed by atoms with Crippen molar-refractivity contribution in [3.8, 4) is 17.2 Å². The topological polar surface area (TPSA) is 91.2 Å². The van der Waals surface area contributed by atoms with Crippen LogP contribution in [0.2, 0.25) is 0 Å². The lowest BCUT2D eigenvalue weighted by Gasteiger charge is -2.11. The number of methoxy groups -OCH3 is 1. The molecule has 146 valence electrons. The van der Waals surface area contributed by atoms with Gasteiger partial charge in [0.15, 0.2) is 0 Å². The standard InChI is InChI=1S/C17H15F2N5O3S/c1-26-14-9-5-3-7-12(14)24-17(21-22-23-24)28-10-15(25)20-11-6-2-4-8-13(11)27-16(18)19/h2-9,16H,10H2,1H3,(H,20,25). The molecule has 0 saturated heterocycles. The Morgan fingerprint density at radius 2 is 1.89 bits per heavy atom. The summed E-state index contributed by atoms with van der Waals surface area (Å²) in [4.78, 5) is 12.2. The third kappa shape index (κ3) is 4.74. The molecule has 3 rings (SSSR count). The van der Waals surface area contributed by atoms with Crippen LogP contribution in [-0.2, 0) is 4.79 Å². The molecule has 8 nitrogen and oxygen atoms in total. The summed E-state index contributed by atoms with van der Waals surface area (Å²) in [6, 6.07) is 13.1. The number of rotatable bonds is 8. The maximum absolute atomic E-state index is 12.5. The van der Waals surface area contributed by atoms with Crippen LogP contribution in [0, 0.1) is 0 Å². The van der Waals surface area contributed by atoms with Gasteiger partial charge in [-0.2, -0.15) is 13.5 Å². The van der Waals surface area contributed by atoms with E-state index < -0.39 is 12.5 Å². The highest BCUT2D eigenvalue weighted by atomic mass is 32.2. The molecule has 1 heterocycles. The summed E-state index contributed by atoms with van der Waals surface area (Å²) < 4.78 is 36.1. The predicted molar refractivity (Wildman–Crippen MR) is 98.1 cm³/mol. The van der Waals surface area contributed by atoms with Gasteiger partial charge >= 0.3 is 6.61 Å². The molecule has 0 saturated carbocycles. The fourth-order valence-corrected chi connectivity index (χ4v) is 2.99. The number of halogens is 2. The molecule has 0 atom stereocenters. The van der Waals surface area contributed by atoms with Crippen molar-refractivity contribution in [1.29, 1.82) is 0 Å². The number of aromatic nitrogens is 4. The smallest absolute Gasteiger partial charge is 0.387 e. The average molecular weight is 407 g/mol. The number of benzene rings is 2. The van der Waals surface area contributed by atoms with E-state index in [2.05, 4.69) is 25.6 Å². The fourth-order valence-electron chi connectivity index (χ4n) is 2.31. The SMILES string of the molecule is COc1ccccc1-n1nnnc1SCC(=O)Nc1ccccc1OC(F)F. The quantitative estimate of drug-likeness (QED) is 0.574. The van der Waals surface area contributed by atoms with E-state index in [0.717, 1.165) is 11.8 Å². The molecule has 0 bridgehead atoms. The minimum Gasteiger partial charge on any atom is -0.494 e. The molecule has 28 heavy (non-hydrogen) atoms. The Hall–Kier alpha value is -3.21. The number of tetrazole rings is 1. The highest BCUT2D eigenvalue weighted by Gasteiger charge is 2.16. The number of ether oxygens (including phenoxy) is 2. The number of hydrogen-bond donors (Lipinski definition) is 1. The van der Waals surface area contributed by atoms with Gasteiger partial charge in [0.05, 0.1) is 18.6 Å². The highest BCUT2D eigenvalue weighted by molar-refractivity contribution is 7.99. The number of nitrogens with zero attached hydrogens (tertiary/aromatic N) is 4. The number of thioether (sulfide) groups is 1. The van der Waals surface area contributed by atoms with Gasteiger partial charge in [-0.15, -0.1) is 5.10 Å². The zero-order valence-corrected chi connectivity index (χ0v) is 15.4. The molecule has 0 radical (unpaired) electrons. The molecule has 2 aromatic carbocycles. The van der Waals surface area contributed by atoms with Gasteiger partial charge in [0.25, 0.3) is 0 Å². The number of nitrogens with one attached hydrogen (secondary N) is 1. The van der Waals surface area contributed by atoms with Crippen molar-refractivity contribution in [2.45, 2.75) is 11.8 Å². The van der Waals surface area contributed by atoms with Gasteiger partial charge in [-0.3, -0.25) is 4.79 Å². The zero-order chi connectivity index (χ0) is 19.9. The first-order chi connectivity index (χ1) is 13.6. The van der Waals surface area contributed by atoms with E-state index in [0.29, 0.717) is 16.6 Å². The first kappa shape index (κ1) is 19.5. The molecule has 1 amide bonds. The molecule has 0 aliphatic rings. The number of carbonyl (C=O) groups is 1. The number of carbonyl (C=O) groups excluding carboxylic acids is 1. The minimum absolute atomic E-state index is 0.0431. The summed E-state index contributed by atoms with van der Waals surface area (Å²) in [6.07, 6.45) is 0. The molecule has 1 N–H and O–H groups in total. The Morgan fingerprint density at radius 1 is 1.18 bits per heavy atom. The van der Waals surface area contributed by atoms with Crippen LogP contribution in [0.1, 0.15) is 0 Å². The van der Waals surface area contributed by atoms with E-state index in [1.165, 1.54) is 30.0 Å². The van der Waals surface area contributed by atoms with E-state index in [-0.39, 0.29) is 17.2 Å². The summed E-state index contributed by atoms with van der Waals surface area (Å²) in [5.41, 5.74) is 0.770. The normalized spacial score (nSPS) is 10.7. The predicted octanol–water partition coefficient (Wildman–Crippen LogP) is 3.00. The van der Waals surface area contributed by atoms with Gasteiger partial charge < -0.3 is 14.8 Å².